The number of carbonyl (C=O) groups excluding carboxylic acids is 1. The van der Waals surface area contributed by atoms with Gasteiger partial charge in [0.1, 0.15) is 17.5 Å². The van der Waals surface area contributed by atoms with Crippen molar-refractivity contribution < 1.29 is 24.2 Å². The van der Waals surface area contributed by atoms with Crippen LogP contribution in [0.5, 0.6) is 11.5 Å². The fourth-order valence-electron chi connectivity index (χ4n) is 2.23. The van der Waals surface area contributed by atoms with Crippen LogP contribution in [0, 0.1) is 5.92 Å². The van der Waals surface area contributed by atoms with Crippen molar-refractivity contribution in [1.82, 2.24) is 5.32 Å². The molecule has 1 aliphatic carbocycles. The monoisotopic (exact) mass is 293 g/mol. The molecule has 1 aromatic carbocycles. The number of rotatable bonds is 7. The van der Waals surface area contributed by atoms with E-state index in [1.807, 2.05) is 0 Å². The molecule has 21 heavy (non-hydrogen) atoms. The van der Waals surface area contributed by atoms with Gasteiger partial charge in [0.15, 0.2) is 0 Å². The molecule has 1 atom stereocenters. The highest BCUT2D eigenvalue weighted by atomic mass is 16.5. The van der Waals surface area contributed by atoms with E-state index in [2.05, 4.69) is 5.32 Å². The molecule has 0 saturated heterocycles. The second-order valence-electron chi connectivity index (χ2n) is 5.08. The Morgan fingerprint density at radius 1 is 1.33 bits per heavy atom. The topological polar surface area (TPSA) is 84.9 Å². The van der Waals surface area contributed by atoms with E-state index in [-0.39, 0.29) is 18.2 Å². The number of hydrogen-bond donors (Lipinski definition) is 2. The minimum atomic E-state index is -0.983. The maximum Gasteiger partial charge on any atom is 0.326 e. The van der Waals surface area contributed by atoms with Crippen LogP contribution in [-0.2, 0) is 16.0 Å². The molecule has 0 aliphatic heterocycles. The van der Waals surface area contributed by atoms with Crippen LogP contribution in [0.4, 0.5) is 0 Å². The molecule has 0 heterocycles. The summed E-state index contributed by atoms with van der Waals surface area (Å²) in [4.78, 5) is 23.2. The predicted octanol–water partition coefficient (Wildman–Crippen LogP) is 1.23. The zero-order valence-corrected chi connectivity index (χ0v) is 12.1. The van der Waals surface area contributed by atoms with Gasteiger partial charge in [-0.2, -0.15) is 0 Å². The largest absolute Gasteiger partial charge is 0.497 e. The molecule has 0 aromatic heterocycles. The molecule has 6 nitrogen and oxygen atoms in total. The van der Waals surface area contributed by atoms with Gasteiger partial charge in [0.2, 0.25) is 5.91 Å². The molecule has 114 valence electrons. The molecule has 1 amide bonds. The molecule has 0 radical (unpaired) electrons. The van der Waals surface area contributed by atoms with E-state index in [1.165, 1.54) is 7.11 Å². The molecule has 1 fully saturated rings. The summed E-state index contributed by atoms with van der Waals surface area (Å²) in [5.74, 6) is -0.0669. The summed E-state index contributed by atoms with van der Waals surface area (Å²) in [6.45, 7) is 0. The number of nitrogens with one attached hydrogen (secondary N) is 1. The zero-order valence-electron chi connectivity index (χ0n) is 12.1. The van der Waals surface area contributed by atoms with E-state index < -0.39 is 12.0 Å². The van der Waals surface area contributed by atoms with Gasteiger partial charge in [-0.1, -0.05) is 0 Å². The van der Waals surface area contributed by atoms with E-state index in [0.29, 0.717) is 17.1 Å². The summed E-state index contributed by atoms with van der Waals surface area (Å²) in [5.41, 5.74) is 0.661. The lowest BCUT2D eigenvalue weighted by molar-refractivity contribution is -0.142. The van der Waals surface area contributed by atoms with Gasteiger partial charge in [0.25, 0.3) is 0 Å². The normalized spacial score (nSPS) is 15.1. The van der Waals surface area contributed by atoms with Gasteiger partial charge in [-0.15, -0.1) is 0 Å². The van der Waals surface area contributed by atoms with Crippen molar-refractivity contribution in [3.05, 3.63) is 23.8 Å². The summed E-state index contributed by atoms with van der Waals surface area (Å²) in [6.07, 6.45) is 1.75. The fourth-order valence-corrected chi connectivity index (χ4v) is 2.23. The number of aliphatic carboxylic acids is 1. The first-order valence-electron chi connectivity index (χ1n) is 6.78. The highest BCUT2D eigenvalue weighted by molar-refractivity contribution is 5.85. The van der Waals surface area contributed by atoms with Crippen molar-refractivity contribution in [2.75, 3.05) is 14.2 Å². The minimum Gasteiger partial charge on any atom is -0.497 e. The third-order valence-corrected chi connectivity index (χ3v) is 3.51. The van der Waals surface area contributed by atoms with Crippen LogP contribution < -0.4 is 14.8 Å². The van der Waals surface area contributed by atoms with Crippen molar-refractivity contribution >= 4 is 11.9 Å². The molecule has 1 saturated carbocycles. The van der Waals surface area contributed by atoms with Crippen LogP contribution in [0.25, 0.3) is 0 Å². The van der Waals surface area contributed by atoms with Crippen LogP contribution in [0.3, 0.4) is 0 Å². The fraction of sp³-hybridized carbons (Fsp3) is 0.467. The lowest BCUT2D eigenvalue weighted by atomic mass is 10.1. The highest BCUT2D eigenvalue weighted by Gasteiger charge is 2.37. The zero-order chi connectivity index (χ0) is 15.4. The van der Waals surface area contributed by atoms with Gasteiger partial charge < -0.3 is 19.9 Å². The maximum absolute atomic E-state index is 12.1. The number of ether oxygens (including phenoxy) is 2. The highest BCUT2D eigenvalue weighted by Crippen LogP contribution is 2.33. The van der Waals surface area contributed by atoms with E-state index in [1.54, 1.807) is 25.3 Å². The predicted molar refractivity (Wildman–Crippen MR) is 75.5 cm³/mol. The Morgan fingerprint density at radius 2 is 2.05 bits per heavy atom. The number of benzene rings is 1. The maximum atomic E-state index is 12.1. The Kier molecular flexibility index (Phi) is 4.67. The van der Waals surface area contributed by atoms with Crippen molar-refractivity contribution in [1.29, 1.82) is 0 Å². The average molecular weight is 293 g/mol. The molecule has 6 heteroatoms. The number of carbonyl (C=O) groups is 2. The Morgan fingerprint density at radius 3 is 2.57 bits per heavy atom. The molecular weight excluding hydrogens is 274 g/mol. The van der Waals surface area contributed by atoms with Crippen molar-refractivity contribution in [3.8, 4) is 11.5 Å². The number of methoxy groups -OCH3 is 2. The molecule has 1 aliphatic rings. The molecular formula is C15H19NO5. The summed E-state index contributed by atoms with van der Waals surface area (Å²) in [6, 6.07) is 4.38. The molecule has 1 aromatic rings. The van der Waals surface area contributed by atoms with E-state index in [9.17, 15) is 9.59 Å². The first-order valence-corrected chi connectivity index (χ1v) is 6.78. The van der Waals surface area contributed by atoms with Gasteiger partial charge in [-0.05, 0) is 37.0 Å². The Bertz CT molecular complexity index is 539. The van der Waals surface area contributed by atoms with E-state index >= 15 is 0 Å². The van der Waals surface area contributed by atoms with Crippen molar-refractivity contribution in [2.45, 2.75) is 25.3 Å². The smallest absolute Gasteiger partial charge is 0.326 e. The molecule has 1 unspecified atom stereocenters. The van der Waals surface area contributed by atoms with E-state index in [0.717, 1.165) is 12.8 Å². The van der Waals surface area contributed by atoms with Crippen LogP contribution in [-0.4, -0.2) is 37.2 Å². The first kappa shape index (κ1) is 15.2. The number of carboxylic acids is 1. The van der Waals surface area contributed by atoms with Gasteiger partial charge in [-0.3, -0.25) is 4.79 Å². The SMILES string of the molecule is COc1ccc(OC)c(CC(=O)NC(C(=O)O)C2CC2)c1. The molecule has 2 N–H and O–H groups in total. The number of carboxylic acid groups (broad SMARTS) is 1. The van der Waals surface area contributed by atoms with Crippen molar-refractivity contribution in [3.63, 3.8) is 0 Å². The Labute approximate surface area is 123 Å². The molecule has 0 bridgehead atoms. The third kappa shape index (κ3) is 3.87. The number of hydrogen-bond acceptors (Lipinski definition) is 4. The van der Waals surface area contributed by atoms with Crippen LogP contribution >= 0.6 is 0 Å². The van der Waals surface area contributed by atoms with Crippen LogP contribution in [0.1, 0.15) is 18.4 Å². The summed E-state index contributed by atoms with van der Waals surface area (Å²) in [7, 11) is 3.06. The first-order chi connectivity index (χ1) is 10.0. The minimum absolute atomic E-state index is 0.0525. The lowest BCUT2D eigenvalue weighted by Crippen LogP contribution is -2.43. The quantitative estimate of drug-likeness (QED) is 0.789. The van der Waals surface area contributed by atoms with Crippen LogP contribution in [0.15, 0.2) is 18.2 Å². The summed E-state index contributed by atoms with van der Waals surface area (Å²) in [5, 5.41) is 11.7. The lowest BCUT2D eigenvalue weighted by Gasteiger charge is -2.15. The van der Waals surface area contributed by atoms with Crippen molar-refractivity contribution in [2.24, 2.45) is 5.92 Å². The van der Waals surface area contributed by atoms with E-state index in [4.69, 9.17) is 14.6 Å². The summed E-state index contributed by atoms with van der Waals surface area (Å²) < 4.78 is 10.3. The van der Waals surface area contributed by atoms with Gasteiger partial charge >= 0.3 is 5.97 Å². The molecule has 0 spiro atoms. The third-order valence-electron chi connectivity index (χ3n) is 3.51. The standard InChI is InChI=1S/C15H19NO5/c1-20-11-5-6-12(21-2)10(7-11)8-13(17)16-14(15(18)19)9-3-4-9/h5-7,9,14H,3-4,8H2,1-2H3,(H,16,17)(H,18,19). The Balaban J connectivity index is 2.06. The summed E-state index contributed by atoms with van der Waals surface area (Å²) >= 11 is 0. The average Bonchev–Trinajstić information content (AvgIpc) is 3.28. The number of amides is 1. The van der Waals surface area contributed by atoms with Gasteiger partial charge in [0.05, 0.1) is 20.6 Å². The van der Waals surface area contributed by atoms with Gasteiger partial charge in [-0.25, -0.2) is 4.79 Å². The Hall–Kier alpha value is -2.24. The second kappa shape index (κ2) is 6.47. The van der Waals surface area contributed by atoms with Gasteiger partial charge in [0, 0.05) is 5.56 Å². The molecule has 2 rings (SSSR count). The second-order valence-corrected chi connectivity index (χ2v) is 5.08. The van der Waals surface area contributed by atoms with Crippen LogP contribution in [0.2, 0.25) is 0 Å².